The molecule has 0 atom stereocenters. The van der Waals surface area contributed by atoms with E-state index in [4.69, 9.17) is 5.10 Å². The van der Waals surface area contributed by atoms with Crippen LogP contribution in [0.5, 0.6) is 0 Å². The van der Waals surface area contributed by atoms with Crippen molar-refractivity contribution < 1.29 is 4.79 Å². The molecule has 4 heterocycles. The molecule has 0 aromatic carbocycles. The minimum absolute atomic E-state index is 0.143. The van der Waals surface area contributed by atoms with Crippen molar-refractivity contribution in [2.45, 2.75) is 39.7 Å². The molecule has 0 bridgehead atoms. The molecule has 0 spiro atoms. The highest BCUT2D eigenvalue weighted by molar-refractivity contribution is 5.83. The van der Waals surface area contributed by atoms with Crippen molar-refractivity contribution in [3.05, 3.63) is 35.8 Å². The van der Waals surface area contributed by atoms with Crippen LogP contribution in [0, 0.1) is 6.92 Å². The maximum atomic E-state index is 11.5. The lowest BCUT2D eigenvalue weighted by Crippen LogP contribution is -2.48. The van der Waals surface area contributed by atoms with Crippen LogP contribution in [0.4, 0.5) is 0 Å². The van der Waals surface area contributed by atoms with Gasteiger partial charge in [-0.1, -0.05) is 0 Å². The number of hydrogen-bond donors (Lipinski definition) is 1. The van der Waals surface area contributed by atoms with Crippen LogP contribution in [0.15, 0.2) is 24.5 Å². The van der Waals surface area contributed by atoms with Crippen LogP contribution in [-0.2, 0) is 4.79 Å². The van der Waals surface area contributed by atoms with Crippen LogP contribution < -0.4 is 0 Å². The molecule has 1 aliphatic heterocycles. The van der Waals surface area contributed by atoms with Gasteiger partial charge in [0, 0.05) is 61.0 Å². The molecule has 130 valence electrons. The Balaban J connectivity index is 1.71. The molecule has 6 nitrogen and oxygen atoms in total. The number of amides is 1. The topological polar surface area (TPSA) is 66.8 Å². The Hall–Kier alpha value is -2.63. The number of nitrogens with zero attached hydrogens (tertiary/aromatic N) is 4. The summed E-state index contributed by atoms with van der Waals surface area (Å²) >= 11 is 0. The Kier molecular flexibility index (Phi) is 3.63. The molecule has 1 N–H and O–H groups in total. The van der Waals surface area contributed by atoms with E-state index in [1.807, 2.05) is 17.3 Å². The van der Waals surface area contributed by atoms with Gasteiger partial charge in [-0.2, -0.15) is 5.10 Å². The second-order valence-electron chi connectivity index (χ2n) is 7.21. The molecule has 3 aromatic heterocycles. The number of H-pyrrole nitrogens is 1. The zero-order valence-corrected chi connectivity index (χ0v) is 15.1. The van der Waals surface area contributed by atoms with Crippen LogP contribution in [-0.4, -0.2) is 43.6 Å². The predicted molar refractivity (Wildman–Crippen MR) is 97.4 cm³/mol. The number of aromatic nitrogens is 4. The van der Waals surface area contributed by atoms with Gasteiger partial charge in [-0.05, 0) is 38.5 Å². The lowest BCUT2D eigenvalue weighted by molar-refractivity contribution is -0.133. The first-order chi connectivity index (χ1) is 11.9. The summed E-state index contributed by atoms with van der Waals surface area (Å²) < 4.78 is 2.09. The predicted octanol–water partition coefficient (Wildman–Crippen LogP) is 3.26. The van der Waals surface area contributed by atoms with E-state index in [-0.39, 0.29) is 11.9 Å². The van der Waals surface area contributed by atoms with Gasteiger partial charge in [-0.15, -0.1) is 0 Å². The van der Waals surface area contributed by atoms with Gasteiger partial charge in [0.15, 0.2) is 0 Å². The third kappa shape index (κ3) is 2.62. The summed E-state index contributed by atoms with van der Waals surface area (Å²) in [4.78, 5) is 21.0. The highest BCUT2D eigenvalue weighted by Crippen LogP contribution is 2.32. The minimum atomic E-state index is 0.143. The van der Waals surface area contributed by atoms with E-state index in [2.05, 4.69) is 47.6 Å². The van der Waals surface area contributed by atoms with Crippen molar-refractivity contribution in [2.75, 3.05) is 13.1 Å². The summed E-state index contributed by atoms with van der Waals surface area (Å²) in [5.41, 5.74) is 5.26. The monoisotopic (exact) mass is 337 g/mol. The minimum Gasteiger partial charge on any atom is -0.346 e. The van der Waals surface area contributed by atoms with E-state index >= 15 is 0 Å². The summed E-state index contributed by atoms with van der Waals surface area (Å²) in [5, 5.41) is 5.97. The van der Waals surface area contributed by atoms with E-state index < -0.39 is 0 Å². The Morgan fingerprint density at radius 2 is 2.08 bits per heavy atom. The number of fused-ring (bicyclic) bond motifs is 1. The number of hydrogen-bond acceptors (Lipinski definition) is 3. The van der Waals surface area contributed by atoms with E-state index in [1.54, 1.807) is 6.92 Å². The Morgan fingerprint density at radius 1 is 1.32 bits per heavy atom. The van der Waals surface area contributed by atoms with Gasteiger partial charge in [-0.3, -0.25) is 9.48 Å². The second kappa shape index (κ2) is 5.72. The normalized spacial score (nSPS) is 15.2. The molecular weight excluding hydrogens is 314 g/mol. The molecular formula is C19H23N5O. The number of aromatic amines is 1. The molecule has 4 rings (SSSR count). The summed E-state index contributed by atoms with van der Waals surface area (Å²) in [6, 6.07) is 4.58. The lowest BCUT2D eigenvalue weighted by atomic mass is 9.95. The maximum absolute atomic E-state index is 11.5. The van der Waals surface area contributed by atoms with E-state index in [0.29, 0.717) is 5.92 Å². The highest BCUT2D eigenvalue weighted by atomic mass is 16.2. The van der Waals surface area contributed by atoms with E-state index in [0.717, 1.165) is 35.4 Å². The van der Waals surface area contributed by atoms with Gasteiger partial charge < -0.3 is 9.88 Å². The van der Waals surface area contributed by atoms with Crippen molar-refractivity contribution in [1.29, 1.82) is 0 Å². The van der Waals surface area contributed by atoms with E-state index in [1.165, 1.54) is 11.3 Å². The van der Waals surface area contributed by atoms with Crippen LogP contribution in [0.25, 0.3) is 22.3 Å². The van der Waals surface area contributed by atoms with Crippen LogP contribution in [0.1, 0.15) is 44.0 Å². The van der Waals surface area contributed by atoms with Crippen LogP contribution in [0.2, 0.25) is 0 Å². The summed E-state index contributed by atoms with van der Waals surface area (Å²) in [7, 11) is 0. The van der Waals surface area contributed by atoms with Crippen molar-refractivity contribution >= 4 is 16.9 Å². The zero-order valence-electron chi connectivity index (χ0n) is 15.1. The summed E-state index contributed by atoms with van der Waals surface area (Å²) in [6.07, 6.45) is 3.85. The average molecular weight is 337 g/mol. The third-order valence-electron chi connectivity index (χ3n) is 5.03. The molecule has 0 saturated carbocycles. The van der Waals surface area contributed by atoms with E-state index in [9.17, 15) is 4.79 Å². The van der Waals surface area contributed by atoms with Crippen molar-refractivity contribution in [1.82, 2.24) is 24.6 Å². The molecule has 0 unspecified atom stereocenters. The largest absolute Gasteiger partial charge is 0.346 e. The first kappa shape index (κ1) is 15.9. The SMILES string of the molecule is CC(=O)N1CC(c2cc(-c3cnc4[nH]cc(C)c4c3)nn2C(C)C)C1. The van der Waals surface area contributed by atoms with Gasteiger partial charge in [0.2, 0.25) is 5.91 Å². The van der Waals surface area contributed by atoms with Crippen molar-refractivity contribution in [3.63, 3.8) is 0 Å². The number of aryl methyl sites for hydroxylation is 1. The molecule has 1 amide bonds. The molecule has 6 heteroatoms. The molecule has 1 saturated heterocycles. The Morgan fingerprint density at radius 3 is 2.76 bits per heavy atom. The molecule has 0 radical (unpaired) electrons. The summed E-state index contributed by atoms with van der Waals surface area (Å²) in [6.45, 7) is 9.54. The smallest absolute Gasteiger partial charge is 0.219 e. The molecule has 3 aromatic rings. The molecule has 1 aliphatic rings. The fourth-order valence-electron chi connectivity index (χ4n) is 3.47. The van der Waals surface area contributed by atoms with Gasteiger partial charge in [0.1, 0.15) is 5.65 Å². The number of pyridine rings is 1. The van der Waals surface area contributed by atoms with Crippen LogP contribution >= 0.6 is 0 Å². The van der Waals surface area contributed by atoms with Crippen molar-refractivity contribution in [2.24, 2.45) is 0 Å². The standard InChI is InChI=1S/C19H23N5O/c1-11(2)24-18(15-9-23(10-15)13(4)25)6-17(22-24)14-5-16-12(3)7-20-19(16)21-8-14/h5-8,11,15H,9-10H2,1-4H3,(H,20,21). The zero-order chi connectivity index (χ0) is 17.7. The second-order valence-corrected chi connectivity index (χ2v) is 7.21. The molecule has 25 heavy (non-hydrogen) atoms. The number of nitrogens with one attached hydrogen (secondary N) is 1. The third-order valence-corrected chi connectivity index (χ3v) is 5.03. The van der Waals surface area contributed by atoms with Gasteiger partial charge in [0.25, 0.3) is 0 Å². The van der Waals surface area contributed by atoms with Crippen LogP contribution in [0.3, 0.4) is 0 Å². The quantitative estimate of drug-likeness (QED) is 0.798. The molecule has 0 aliphatic carbocycles. The van der Waals surface area contributed by atoms with Gasteiger partial charge in [0.05, 0.1) is 5.69 Å². The average Bonchev–Trinajstić information content (AvgIpc) is 3.10. The Bertz CT molecular complexity index is 946. The number of carbonyl (C=O) groups excluding carboxylic acids is 1. The van der Waals surface area contributed by atoms with Gasteiger partial charge >= 0.3 is 0 Å². The van der Waals surface area contributed by atoms with Gasteiger partial charge in [-0.25, -0.2) is 4.98 Å². The fraction of sp³-hybridized carbons (Fsp3) is 0.421. The number of carbonyl (C=O) groups is 1. The maximum Gasteiger partial charge on any atom is 0.219 e. The number of likely N-dealkylation sites (tertiary alicyclic amines) is 1. The fourth-order valence-corrected chi connectivity index (χ4v) is 3.47. The van der Waals surface area contributed by atoms with Crippen molar-refractivity contribution in [3.8, 4) is 11.3 Å². The first-order valence-electron chi connectivity index (χ1n) is 8.73. The highest BCUT2D eigenvalue weighted by Gasteiger charge is 2.33. The lowest BCUT2D eigenvalue weighted by Gasteiger charge is -2.39. The number of rotatable bonds is 3. The Labute approximate surface area is 146 Å². The first-order valence-corrected chi connectivity index (χ1v) is 8.73. The summed E-state index contributed by atoms with van der Waals surface area (Å²) in [5.74, 6) is 0.503. The molecule has 1 fully saturated rings.